The molecule has 1 saturated heterocycles. The van der Waals surface area contributed by atoms with Crippen molar-refractivity contribution in [1.82, 2.24) is 10.3 Å². The number of pyridine rings is 1. The SMILES string of the molecule is O=C(c1cnc2ccccc2c1)C1CCNCC1. The minimum absolute atomic E-state index is 0.161. The van der Waals surface area contributed by atoms with Gasteiger partial charge in [-0.25, -0.2) is 0 Å². The normalized spacial score (nSPS) is 16.9. The predicted molar refractivity (Wildman–Crippen MR) is 71.7 cm³/mol. The zero-order valence-electron chi connectivity index (χ0n) is 10.2. The van der Waals surface area contributed by atoms with E-state index in [1.807, 2.05) is 30.3 Å². The second-order valence-corrected chi connectivity index (χ2v) is 4.81. The second kappa shape index (κ2) is 4.86. The van der Waals surface area contributed by atoms with Gasteiger partial charge >= 0.3 is 0 Å². The van der Waals surface area contributed by atoms with Gasteiger partial charge in [0.1, 0.15) is 0 Å². The van der Waals surface area contributed by atoms with Gasteiger partial charge in [0.15, 0.2) is 5.78 Å². The number of rotatable bonds is 2. The number of nitrogens with one attached hydrogen (secondary N) is 1. The van der Waals surface area contributed by atoms with Gasteiger partial charge in [-0.2, -0.15) is 0 Å². The number of piperidine rings is 1. The van der Waals surface area contributed by atoms with Gasteiger partial charge in [-0.1, -0.05) is 18.2 Å². The number of benzene rings is 1. The summed E-state index contributed by atoms with van der Waals surface area (Å²) in [6.07, 6.45) is 3.59. The number of Topliss-reactive ketones (excluding diaryl/α,β-unsaturated/α-hetero) is 1. The Hall–Kier alpha value is -1.74. The Morgan fingerprint density at radius 1 is 1.22 bits per heavy atom. The van der Waals surface area contributed by atoms with Crippen LogP contribution in [0.15, 0.2) is 36.5 Å². The van der Waals surface area contributed by atoms with E-state index in [4.69, 9.17) is 0 Å². The fourth-order valence-corrected chi connectivity index (χ4v) is 2.53. The summed E-state index contributed by atoms with van der Waals surface area (Å²) in [5, 5.41) is 4.32. The summed E-state index contributed by atoms with van der Waals surface area (Å²) in [5.74, 6) is 0.406. The molecule has 3 nitrogen and oxygen atoms in total. The highest BCUT2D eigenvalue weighted by Gasteiger charge is 2.22. The zero-order valence-corrected chi connectivity index (χ0v) is 10.2. The molecule has 1 aromatic carbocycles. The van der Waals surface area contributed by atoms with Gasteiger partial charge in [0.2, 0.25) is 0 Å². The zero-order chi connectivity index (χ0) is 12.4. The third-order valence-corrected chi connectivity index (χ3v) is 3.58. The molecule has 18 heavy (non-hydrogen) atoms. The lowest BCUT2D eigenvalue weighted by atomic mass is 9.90. The van der Waals surface area contributed by atoms with Crippen LogP contribution in [0.2, 0.25) is 0 Å². The van der Waals surface area contributed by atoms with Crippen LogP contribution in [-0.2, 0) is 0 Å². The van der Waals surface area contributed by atoms with Gasteiger partial charge in [-0.15, -0.1) is 0 Å². The second-order valence-electron chi connectivity index (χ2n) is 4.81. The monoisotopic (exact) mass is 240 g/mol. The highest BCUT2D eigenvalue weighted by Crippen LogP contribution is 2.20. The molecule has 2 aromatic rings. The summed E-state index contributed by atoms with van der Waals surface area (Å²) < 4.78 is 0. The molecule has 1 fully saturated rings. The number of fused-ring (bicyclic) bond motifs is 1. The summed E-state index contributed by atoms with van der Waals surface area (Å²) in [6.45, 7) is 1.88. The maximum Gasteiger partial charge on any atom is 0.167 e. The van der Waals surface area contributed by atoms with E-state index in [0.29, 0.717) is 0 Å². The molecular weight excluding hydrogens is 224 g/mol. The molecule has 0 amide bonds. The van der Waals surface area contributed by atoms with Gasteiger partial charge in [-0.05, 0) is 38.1 Å². The van der Waals surface area contributed by atoms with Crippen molar-refractivity contribution in [2.75, 3.05) is 13.1 Å². The molecule has 0 spiro atoms. The van der Waals surface area contributed by atoms with Crippen LogP contribution in [-0.4, -0.2) is 23.9 Å². The number of para-hydroxylation sites is 1. The van der Waals surface area contributed by atoms with Crippen LogP contribution >= 0.6 is 0 Å². The van der Waals surface area contributed by atoms with E-state index in [0.717, 1.165) is 42.4 Å². The van der Waals surface area contributed by atoms with Crippen molar-refractivity contribution in [2.24, 2.45) is 5.92 Å². The number of hydrogen-bond acceptors (Lipinski definition) is 3. The van der Waals surface area contributed by atoms with Crippen molar-refractivity contribution < 1.29 is 4.79 Å². The largest absolute Gasteiger partial charge is 0.317 e. The first kappa shape index (κ1) is 11.4. The van der Waals surface area contributed by atoms with E-state index >= 15 is 0 Å². The van der Waals surface area contributed by atoms with Crippen LogP contribution in [0.1, 0.15) is 23.2 Å². The lowest BCUT2D eigenvalue weighted by Gasteiger charge is -2.21. The van der Waals surface area contributed by atoms with Crippen molar-refractivity contribution in [3.8, 4) is 0 Å². The molecule has 92 valence electrons. The van der Waals surface area contributed by atoms with E-state index in [2.05, 4.69) is 10.3 Å². The molecule has 1 aliphatic heterocycles. The molecule has 1 N–H and O–H groups in total. The molecular formula is C15H16N2O. The molecule has 3 rings (SSSR count). The van der Waals surface area contributed by atoms with E-state index < -0.39 is 0 Å². The molecule has 0 saturated carbocycles. The molecule has 0 radical (unpaired) electrons. The van der Waals surface area contributed by atoms with Gasteiger partial charge in [-0.3, -0.25) is 9.78 Å². The highest BCUT2D eigenvalue weighted by molar-refractivity contribution is 6.00. The number of carbonyl (C=O) groups excluding carboxylic acids is 1. The van der Waals surface area contributed by atoms with Crippen LogP contribution < -0.4 is 5.32 Å². The Kier molecular flexibility index (Phi) is 3.07. The van der Waals surface area contributed by atoms with Crippen LogP contribution in [0.5, 0.6) is 0 Å². The summed E-state index contributed by atoms with van der Waals surface area (Å²) >= 11 is 0. The summed E-state index contributed by atoms with van der Waals surface area (Å²) in [4.78, 5) is 16.7. The maximum absolute atomic E-state index is 12.4. The lowest BCUT2D eigenvalue weighted by Crippen LogP contribution is -2.31. The summed E-state index contributed by atoms with van der Waals surface area (Å²) in [5.41, 5.74) is 1.69. The first-order valence-corrected chi connectivity index (χ1v) is 6.44. The van der Waals surface area contributed by atoms with Crippen molar-refractivity contribution in [2.45, 2.75) is 12.8 Å². The maximum atomic E-state index is 12.4. The average Bonchev–Trinajstić information content (AvgIpc) is 2.47. The first-order valence-electron chi connectivity index (χ1n) is 6.44. The predicted octanol–water partition coefficient (Wildman–Crippen LogP) is 2.42. The number of aromatic nitrogens is 1. The summed E-state index contributed by atoms with van der Waals surface area (Å²) in [7, 11) is 0. The number of nitrogens with zero attached hydrogens (tertiary/aromatic N) is 1. The van der Waals surface area contributed by atoms with Crippen LogP contribution in [0.25, 0.3) is 10.9 Å². The molecule has 3 heteroatoms. The van der Waals surface area contributed by atoms with Gasteiger partial charge in [0.25, 0.3) is 0 Å². The Balaban J connectivity index is 1.91. The van der Waals surface area contributed by atoms with Crippen molar-refractivity contribution >= 4 is 16.7 Å². The molecule has 0 atom stereocenters. The molecule has 2 heterocycles. The number of carbonyl (C=O) groups is 1. The molecule has 1 aliphatic rings. The standard InChI is InChI=1S/C15H16N2O/c18-15(11-5-7-16-8-6-11)13-9-12-3-1-2-4-14(12)17-10-13/h1-4,9-11,16H,5-8H2. The quantitative estimate of drug-likeness (QED) is 0.820. The van der Waals surface area contributed by atoms with E-state index in [-0.39, 0.29) is 11.7 Å². The van der Waals surface area contributed by atoms with E-state index in [1.54, 1.807) is 6.20 Å². The minimum Gasteiger partial charge on any atom is -0.317 e. The van der Waals surface area contributed by atoms with Crippen LogP contribution in [0.4, 0.5) is 0 Å². The fraction of sp³-hybridized carbons (Fsp3) is 0.333. The van der Waals surface area contributed by atoms with Crippen LogP contribution in [0.3, 0.4) is 0 Å². The van der Waals surface area contributed by atoms with Crippen molar-refractivity contribution in [1.29, 1.82) is 0 Å². The topological polar surface area (TPSA) is 42.0 Å². The minimum atomic E-state index is 0.161. The van der Waals surface area contributed by atoms with Crippen molar-refractivity contribution in [3.63, 3.8) is 0 Å². The first-order chi connectivity index (χ1) is 8.84. The van der Waals surface area contributed by atoms with Gasteiger partial charge < -0.3 is 5.32 Å². The average molecular weight is 240 g/mol. The van der Waals surface area contributed by atoms with Gasteiger partial charge in [0, 0.05) is 23.1 Å². The van der Waals surface area contributed by atoms with Crippen molar-refractivity contribution in [3.05, 3.63) is 42.1 Å². The Morgan fingerprint density at radius 3 is 2.83 bits per heavy atom. The summed E-state index contributed by atoms with van der Waals surface area (Å²) in [6, 6.07) is 9.87. The Labute approximate surface area is 106 Å². The van der Waals surface area contributed by atoms with E-state index in [1.165, 1.54) is 0 Å². The molecule has 0 unspecified atom stereocenters. The Morgan fingerprint density at radius 2 is 2.00 bits per heavy atom. The van der Waals surface area contributed by atoms with E-state index in [9.17, 15) is 4.79 Å². The molecule has 0 aliphatic carbocycles. The Bertz CT molecular complexity index is 573. The van der Waals surface area contributed by atoms with Gasteiger partial charge in [0.05, 0.1) is 5.52 Å². The van der Waals surface area contributed by atoms with Crippen LogP contribution in [0, 0.1) is 5.92 Å². The fourth-order valence-electron chi connectivity index (χ4n) is 2.53. The highest BCUT2D eigenvalue weighted by atomic mass is 16.1. The smallest absolute Gasteiger partial charge is 0.167 e. The third-order valence-electron chi connectivity index (χ3n) is 3.58. The molecule has 1 aromatic heterocycles. The molecule has 0 bridgehead atoms. The third kappa shape index (κ3) is 2.14. The number of ketones is 1. The number of hydrogen-bond donors (Lipinski definition) is 1. The lowest BCUT2D eigenvalue weighted by molar-refractivity contribution is 0.0895.